The summed E-state index contributed by atoms with van der Waals surface area (Å²) in [4.78, 5) is 25.7. The lowest BCUT2D eigenvalue weighted by Gasteiger charge is -2.18. The van der Waals surface area contributed by atoms with Crippen LogP contribution in [0, 0.1) is 11.8 Å². The first-order valence-corrected chi connectivity index (χ1v) is 6.50. The van der Waals surface area contributed by atoms with Crippen LogP contribution in [0.2, 0.25) is 0 Å². The molecule has 0 saturated heterocycles. The Morgan fingerprint density at radius 3 is 2.74 bits per heavy atom. The molecule has 19 heavy (non-hydrogen) atoms. The van der Waals surface area contributed by atoms with Gasteiger partial charge in [-0.05, 0) is 18.2 Å². The number of ketones is 1. The normalized spacial score (nSPS) is 18.9. The summed E-state index contributed by atoms with van der Waals surface area (Å²) >= 11 is 0. The molecule has 0 spiro atoms. The van der Waals surface area contributed by atoms with Crippen LogP contribution in [-0.2, 0) is 4.79 Å². The average molecular weight is 261 g/mol. The monoisotopic (exact) mass is 261 g/mol. The van der Waals surface area contributed by atoms with Crippen molar-refractivity contribution in [3.05, 3.63) is 23.8 Å². The van der Waals surface area contributed by atoms with Crippen molar-refractivity contribution in [3.8, 4) is 5.75 Å². The molecule has 1 aliphatic rings. The van der Waals surface area contributed by atoms with E-state index >= 15 is 0 Å². The molecular formula is C15H19NO3. The summed E-state index contributed by atoms with van der Waals surface area (Å²) < 4.78 is 5.62. The van der Waals surface area contributed by atoms with Crippen LogP contribution in [0.4, 0.5) is 5.69 Å². The number of rotatable bonds is 2. The summed E-state index contributed by atoms with van der Waals surface area (Å²) in [5, 5.41) is 0. The lowest BCUT2D eigenvalue weighted by molar-refractivity contribution is -0.122. The molecule has 1 atom stereocenters. The Morgan fingerprint density at radius 1 is 1.42 bits per heavy atom. The first-order valence-electron chi connectivity index (χ1n) is 6.50. The van der Waals surface area contributed by atoms with Crippen molar-refractivity contribution >= 4 is 17.4 Å². The minimum atomic E-state index is -0.179. The highest BCUT2D eigenvalue weighted by atomic mass is 16.5. The van der Waals surface area contributed by atoms with Crippen LogP contribution in [0.1, 0.15) is 31.1 Å². The van der Waals surface area contributed by atoms with Crippen LogP contribution in [0.3, 0.4) is 0 Å². The first kappa shape index (κ1) is 13.6. The van der Waals surface area contributed by atoms with Crippen molar-refractivity contribution in [3.63, 3.8) is 0 Å². The number of amides is 1. The fraction of sp³-hybridized carbons (Fsp3) is 0.467. The Balaban J connectivity index is 2.44. The number of hydrogen-bond donors (Lipinski definition) is 0. The van der Waals surface area contributed by atoms with Gasteiger partial charge in [0.1, 0.15) is 5.75 Å². The standard InChI is InChI=1S/C15H19NO3/c1-9(2)14(17)11-5-6-13-12(7-11)16(4)15(18)10(3)8-19-13/h5-7,9-10H,8H2,1-4H3. The van der Waals surface area contributed by atoms with Crippen LogP contribution < -0.4 is 9.64 Å². The zero-order valence-corrected chi connectivity index (χ0v) is 11.8. The Bertz CT molecular complexity index is 522. The van der Waals surface area contributed by atoms with E-state index < -0.39 is 0 Å². The van der Waals surface area contributed by atoms with E-state index in [0.717, 1.165) is 0 Å². The molecule has 2 rings (SSSR count). The van der Waals surface area contributed by atoms with E-state index in [-0.39, 0.29) is 23.5 Å². The minimum Gasteiger partial charge on any atom is -0.491 e. The highest BCUT2D eigenvalue weighted by molar-refractivity contribution is 6.01. The van der Waals surface area contributed by atoms with Crippen molar-refractivity contribution in [1.29, 1.82) is 0 Å². The summed E-state index contributed by atoms with van der Waals surface area (Å²) in [5.41, 5.74) is 1.28. The second-order valence-corrected chi connectivity index (χ2v) is 5.31. The van der Waals surface area contributed by atoms with Gasteiger partial charge >= 0.3 is 0 Å². The predicted molar refractivity (Wildman–Crippen MR) is 73.7 cm³/mol. The third-order valence-corrected chi connectivity index (χ3v) is 3.37. The van der Waals surface area contributed by atoms with Crippen molar-refractivity contribution in [2.24, 2.45) is 11.8 Å². The van der Waals surface area contributed by atoms with Gasteiger partial charge in [-0.3, -0.25) is 9.59 Å². The molecule has 0 fully saturated rings. The number of carbonyl (C=O) groups is 2. The molecule has 0 aliphatic carbocycles. The van der Waals surface area contributed by atoms with Gasteiger partial charge < -0.3 is 9.64 Å². The zero-order valence-electron chi connectivity index (χ0n) is 11.8. The Labute approximate surface area is 113 Å². The second kappa shape index (κ2) is 5.03. The average Bonchev–Trinajstić information content (AvgIpc) is 2.50. The number of ether oxygens (including phenoxy) is 1. The lowest BCUT2D eigenvalue weighted by Crippen LogP contribution is -2.31. The van der Waals surface area contributed by atoms with Gasteiger partial charge in [0.05, 0.1) is 18.2 Å². The Morgan fingerprint density at radius 2 is 2.11 bits per heavy atom. The molecule has 1 aromatic carbocycles. The van der Waals surface area contributed by atoms with Crippen LogP contribution in [0.25, 0.3) is 0 Å². The van der Waals surface area contributed by atoms with Gasteiger partial charge in [-0.1, -0.05) is 20.8 Å². The number of carbonyl (C=O) groups excluding carboxylic acids is 2. The molecule has 1 amide bonds. The molecule has 0 saturated carbocycles. The number of nitrogens with zero attached hydrogens (tertiary/aromatic N) is 1. The van der Waals surface area contributed by atoms with Crippen LogP contribution in [-0.4, -0.2) is 25.3 Å². The maximum absolute atomic E-state index is 12.1. The molecule has 1 aliphatic heterocycles. The number of Topliss-reactive ketones (excluding diaryl/α,β-unsaturated/α-hetero) is 1. The molecule has 0 N–H and O–H groups in total. The third kappa shape index (κ3) is 2.48. The molecule has 1 aromatic rings. The number of fused-ring (bicyclic) bond motifs is 1. The van der Waals surface area contributed by atoms with Gasteiger partial charge in [-0.25, -0.2) is 0 Å². The van der Waals surface area contributed by atoms with E-state index in [4.69, 9.17) is 4.74 Å². The van der Waals surface area contributed by atoms with Gasteiger partial charge in [0.25, 0.3) is 0 Å². The van der Waals surface area contributed by atoms with Crippen molar-refractivity contribution in [1.82, 2.24) is 0 Å². The van der Waals surface area contributed by atoms with E-state index in [2.05, 4.69) is 0 Å². The van der Waals surface area contributed by atoms with E-state index in [1.54, 1.807) is 30.1 Å². The third-order valence-electron chi connectivity index (χ3n) is 3.37. The fourth-order valence-corrected chi connectivity index (χ4v) is 2.12. The van der Waals surface area contributed by atoms with Crippen molar-refractivity contribution in [2.45, 2.75) is 20.8 Å². The largest absolute Gasteiger partial charge is 0.491 e. The van der Waals surface area contributed by atoms with E-state index in [1.165, 1.54) is 0 Å². The smallest absolute Gasteiger partial charge is 0.233 e. The van der Waals surface area contributed by atoms with E-state index in [9.17, 15) is 9.59 Å². The molecule has 4 heteroatoms. The topological polar surface area (TPSA) is 46.6 Å². The summed E-state index contributed by atoms with van der Waals surface area (Å²) in [6.07, 6.45) is 0. The molecule has 1 heterocycles. The Hall–Kier alpha value is -1.84. The van der Waals surface area contributed by atoms with Crippen LogP contribution >= 0.6 is 0 Å². The number of benzene rings is 1. The molecule has 102 valence electrons. The van der Waals surface area contributed by atoms with Gasteiger partial charge in [-0.15, -0.1) is 0 Å². The molecular weight excluding hydrogens is 242 g/mol. The minimum absolute atomic E-state index is 0.00731. The summed E-state index contributed by atoms with van der Waals surface area (Å²) in [6, 6.07) is 5.27. The number of hydrogen-bond acceptors (Lipinski definition) is 3. The molecule has 1 unspecified atom stereocenters. The summed E-state index contributed by atoms with van der Waals surface area (Å²) in [7, 11) is 1.72. The first-order chi connectivity index (χ1) is 8.91. The summed E-state index contributed by atoms with van der Waals surface area (Å²) in [5.74, 6) is 0.487. The predicted octanol–water partition coefficient (Wildman–Crippen LogP) is 2.52. The highest BCUT2D eigenvalue weighted by Gasteiger charge is 2.26. The van der Waals surface area contributed by atoms with Gasteiger partial charge in [0, 0.05) is 18.5 Å². The van der Waals surface area contributed by atoms with E-state index in [0.29, 0.717) is 23.6 Å². The van der Waals surface area contributed by atoms with Crippen LogP contribution in [0.15, 0.2) is 18.2 Å². The van der Waals surface area contributed by atoms with Crippen LogP contribution in [0.5, 0.6) is 5.75 Å². The van der Waals surface area contributed by atoms with Gasteiger partial charge in [0.2, 0.25) is 5.91 Å². The van der Waals surface area contributed by atoms with Gasteiger partial charge in [-0.2, -0.15) is 0 Å². The maximum atomic E-state index is 12.1. The Kier molecular flexibility index (Phi) is 3.60. The maximum Gasteiger partial charge on any atom is 0.233 e. The molecule has 4 nitrogen and oxygen atoms in total. The van der Waals surface area contributed by atoms with Crippen molar-refractivity contribution < 1.29 is 14.3 Å². The number of anilines is 1. The quantitative estimate of drug-likeness (QED) is 0.768. The molecule has 0 aromatic heterocycles. The van der Waals surface area contributed by atoms with E-state index in [1.807, 2.05) is 20.8 Å². The second-order valence-electron chi connectivity index (χ2n) is 5.31. The fourth-order valence-electron chi connectivity index (χ4n) is 2.12. The summed E-state index contributed by atoms with van der Waals surface area (Å²) in [6.45, 7) is 5.93. The van der Waals surface area contributed by atoms with Crippen molar-refractivity contribution in [2.75, 3.05) is 18.6 Å². The van der Waals surface area contributed by atoms with Gasteiger partial charge in [0.15, 0.2) is 5.78 Å². The lowest BCUT2D eigenvalue weighted by atomic mass is 10.0. The zero-order chi connectivity index (χ0) is 14.2. The molecule has 0 radical (unpaired) electrons. The molecule has 0 bridgehead atoms. The SMILES string of the molecule is CC(C)C(=O)c1ccc2c(c1)N(C)C(=O)C(C)CO2. The highest BCUT2D eigenvalue weighted by Crippen LogP contribution is 2.33.